The molecule has 1 aromatic heterocycles. The molecule has 1 unspecified atom stereocenters. The maximum Gasteiger partial charge on any atom is 0.286 e. The first-order valence-electron chi connectivity index (χ1n) is 7.41. The van der Waals surface area contributed by atoms with E-state index in [9.17, 15) is 9.00 Å². The van der Waals surface area contributed by atoms with Crippen LogP contribution >= 0.6 is 0 Å². The van der Waals surface area contributed by atoms with E-state index in [-0.39, 0.29) is 12.2 Å². The molecule has 0 aliphatic heterocycles. The number of benzene rings is 1. The molecule has 25 heavy (non-hydrogen) atoms. The van der Waals surface area contributed by atoms with Crippen molar-refractivity contribution in [3.05, 3.63) is 53.9 Å². The summed E-state index contributed by atoms with van der Waals surface area (Å²) in [5.41, 5.74) is 0.737. The lowest BCUT2D eigenvalue weighted by atomic mass is 10.2. The van der Waals surface area contributed by atoms with Crippen LogP contribution in [0, 0.1) is 11.8 Å². The van der Waals surface area contributed by atoms with E-state index in [0.29, 0.717) is 22.6 Å². The zero-order valence-electron chi connectivity index (χ0n) is 13.9. The minimum atomic E-state index is -2.89. The summed E-state index contributed by atoms with van der Waals surface area (Å²) >= 11 is 0. The van der Waals surface area contributed by atoms with Crippen LogP contribution in [0.5, 0.6) is 5.75 Å². The second-order valence-corrected chi connectivity index (χ2v) is 7.37. The predicted octanol–water partition coefficient (Wildman–Crippen LogP) is 2.12. The first kappa shape index (κ1) is 18.6. The molecule has 6 nitrogen and oxygen atoms in total. The van der Waals surface area contributed by atoms with Crippen LogP contribution in [0.1, 0.15) is 22.3 Å². The molecule has 2 aromatic rings. The van der Waals surface area contributed by atoms with Gasteiger partial charge in [0, 0.05) is 35.5 Å². The Bertz CT molecular complexity index is 934. The summed E-state index contributed by atoms with van der Waals surface area (Å²) in [6, 6.07) is 8.10. The van der Waals surface area contributed by atoms with E-state index < -0.39 is 15.6 Å². The van der Waals surface area contributed by atoms with Gasteiger partial charge in [-0.1, -0.05) is 11.8 Å². The number of ether oxygens (including phenoxy) is 1. The highest BCUT2D eigenvalue weighted by Crippen LogP contribution is 2.18. The fourth-order valence-electron chi connectivity index (χ4n) is 1.94. The fourth-order valence-corrected chi connectivity index (χ4v) is 3.11. The molecule has 1 aromatic carbocycles. The Morgan fingerprint density at radius 3 is 2.68 bits per heavy atom. The third-order valence-corrected chi connectivity index (χ3v) is 4.87. The van der Waals surface area contributed by atoms with Crippen LogP contribution in [0.25, 0.3) is 0 Å². The van der Waals surface area contributed by atoms with Crippen molar-refractivity contribution in [1.29, 1.82) is 0 Å². The van der Waals surface area contributed by atoms with Gasteiger partial charge in [-0.05, 0) is 30.3 Å². The Kier molecular flexibility index (Phi) is 6.28. The molecule has 1 heterocycles. The van der Waals surface area contributed by atoms with Crippen molar-refractivity contribution in [2.24, 2.45) is 4.36 Å². The van der Waals surface area contributed by atoms with E-state index in [1.807, 2.05) is 0 Å². The van der Waals surface area contributed by atoms with Crippen molar-refractivity contribution in [2.75, 3.05) is 20.0 Å². The molecule has 1 N–H and O–H groups in total. The van der Waals surface area contributed by atoms with Gasteiger partial charge in [-0.2, -0.15) is 4.36 Å². The Labute approximate surface area is 147 Å². The number of pyridine rings is 1. The van der Waals surface area contributed by atoms with Gasteiger partial charge in [0.2, 0.25) is 0 Å². The summed E-state index contributed by atoms with van der Waals surface area (Å²) in [4.78, 5) is 16.7. The highest BCUT2D eigenvalue weighted by Gasteiger charge is 2.12. The molecule has 0 saturated carbocycles. The highest BCUT2D eigenvalue weighted by atomic mass is 32.2. The number of hydrogen-bond acceptors (Lipinski definition) is 5. The molecule has 0 aliphatic carbocycles. The SMILES string of the molecule is COc1ccc(S(C)(=O)=NC(=O)c2cncc(C#CCCO)c2)cc1. The Hall–Kier alpha value is -2.69. The number of methoxy groups -OCH3 is 1. The van der Waals surface area contributed by atoms with E-state index in [1.54, 1.807) is 24.3 Å². The average Bonchev–Trinajstić information content (AvgIpc) is 2.62. The third kappa shape index (κ3) is 5.14. The fraction of sp³-hybridized carbons (Fsp3) is 0.222. The first-order chi connectivity index (χ1) is 12.0. The van der Waals surface area contributed by atoms with Crippen molar-refractivity contribution in [3.8, 4) is 17.6 Å². The zero-order chi connectivity index (χ0) is 18.3. The Morgan fingerprint density at radius 2 is 2.04 bits per heavy atom. The topological polar surface area (TPSA) is 88.9 Å². The smallest absolute Gasteiger partial charge is 0.286 e. The number of aliphatic hydroxyl groups is 1. The van der Waals surface area contributed by atoms with Gasteiger partial charge < -0.3 is 9.84 Å². The Morgan fingerprint density at radius 1 is 1.32 bits per heavy atom. The lowest BCUT2D eigenvalue weighted by molar-refractivity contribution is 0.100. The molecule has 2 rings (SSSR count). The van der Waals surface area contributed by atoms with Crippen molar-refractivity contribution in [1.82, 2.24) is 4.98 Å². The van der Waals surface area contributed by atoms with E-state index in [4.69, 9.17) is 9.84 Å². The van der Waals surface area contributed by atoms with Gasteiger partial charge in [-0.15, -0.1) is 0 Å². The second-order valence-electron chi connectivity index (χ2n) is 5.11. The second kappa shape index (κ2) is 8.42. The van der Waals surface area contributed by atoms with E-state index >= 15 is 0 Å². The molecular formula is C18H18N2O4S. The number of aromatic nitrogens is 1. The minimum Gasteiger partial charge on any atom is -0.497 e. The molecular weight excluding hydrogens is 340 g/mol. The molecule has 1 atom stereocenters. The lowest BCUT2D eigenvalue weighted by Crippen LogP contribution is -2.04. The van der Waals surface area contributed by atoms with Crippen molar-refractivity contribution in [2.45, 2.75) is 11.3 Å². The molecule has 0 bridgehead atoms. The largest absolute Gasteiger partial charge is 0.497 e. The number of rotatable bonds is 4. The molecule has 0 radical (unpaired) electrons. The summed E-state index contributed by atoms with van der Waals surface area (Å²) in [6.45, 7) is -0.0336. The van der Waals surface area contributed by atoms with Gasteiger partial charge in [-0.25, -0.2) is 4.21 Å². The van der Waals surface area contributed by atoms with Gasteiger partial charge in [0.15, 0.2) is 0 Å². The number of aliphatic hydroxyl groups excluding tert-OH is 1. The third-order valence-electron chi connectivity index (χ3n) is 3.21. The monoisotopic (exact) mass is 358 g/mol. The molecule has 0 spiro atoms. The molecule has 130 valence electrons. The summed E-state index contributed by atoms with van der Waals surface area (Å²) in [7, 11) is -1.36. The first-order valence-corrected chi connectivity index (χ1v) is 9.34. The quantitative estimate of drug-likeness (QED) is 0.846. The van der Waals surface area contributed by atoms with Crippen LogP contribution in [0.2, 0.25) is 0 Å². The number of nitrogens with zero attached hydrogens (tertiary/aromatic N) is 2. The highest BCUT2D eigenvalue weighted by molar-refractivity contribution is 7.93. The molecule has 7 heteroatoms. The number of carbonyl (C=O) groups is 1. The maximum absolute atomic E-state index is 12.8. The van der Waals surface area contributed by atoms with Gasteiger partial charge in [0.05, 0.1) is 29.0 Å². The van der Waals surface area contributed by atoms with Crippen molar-refractivity contribution >= 4 is 15.6 Å². The zero-order valence-corrected chi connectivity index (χ0v) is 14.7. The summed E-state index contributed by atoms with van der Waals surface area (Å²) < 4.78 is 21.7. The number of carbonyl (C=O) groups excluding carboxylic acids is 1. The van der Waals surface area contributed by atoms with Crippen LogP contribution in [0.4, 0.5) is 0 Å². The Balaban J connectivity index is 2.30. The number of hydrogen-bond donors (Lipinski definition) is 1. The van der Waals surface area contributed by atoms with Crippen LogP contribution in [-0.4, -0.2) is 40.2 Å². The number of amides is 1. The van der Waals surface area contributed by atoms with E-state index in [2.05, 4.69) is 21.2 Å². The van der Waals surface area contributed by atoms with Gasteiger partial charge in [-0.3, -0.25) is 9.78 Å². The maximum atomic E-state index is 12.8. The van der Waals surface area contributed by atoms with E-state index in [0.717, 1.165) is 0 Å². The van der Waals surface area contributed by atoms with Crippen LogP contribution < -0.4 is 4.74 Å². The average molecular weight is 358 g/mol. The van der Waals surface area contributed by atoms with Gasteiger partial charge >= 0.3 is 0 Å². The van der Waals surface area contributed by atoms with Crippen LogP contribution in [-0.2, 0) is 9.73 Å². The minimum absolute atomic E-state index is 0.0336. The standard InChI is InChI=1S/C18H18N2O4S/c1-24-16-6-8-17(9-7-16)25(2,23)20-18(22)15-11-14(12-19-13-15)5-3-4-10-21/h6-9,11-13,21H,4,10H2,1-2H3. The molecule has 0 saturated heterocycles. The van der Waals surface area contributed by atoms with Crippen molar-refractivity contribution < 1.29 is 18.8 Å². The van der Waals surface area contributed by atoms with Crippen LogP contribution in [0.15, 0.2) is 52.0 Å². The molecule has 0 fully saturated rings. The van der Waals surface area contributed by atoms with Crippen LogP contribution in [0.3, 0.4) is 0 Å². The summed E-state index contributed by atoms with van der Waals surface area (Å²) in [6.07, 6.45) is 4.61. The lowest BCUT2D eigenvalue weighted by Gasteiger charge is -2.05. The van der Waals surface area contributed by atoms with E-state index in [1.165, 1.54) is 31.8 Å². The van der Waals surface area contributed by atoms with Crippen molar-refractivity contribution in [3.63, 3.8) is 0 Å². The summed E-state index contributed by atoms with van der Waals surface area (Å²) in [5, 5.41) is 8.73. The molecule has 0 aliphatic rings. The summed E-state index contributed by atoms with van der Waals surface area (Å²) in [5.74, 6) is 5.55. The van der Waals surface area contributed by atoms with Gasteiger partial charge in [0.25, 0.3) is 5.91 Å². The predicted molar refractivity (Wildman–Crippen MR) is 94.9 cm³/mol. The van der Waals surface area contributed by atoms with Gasteiger partial charge in [0.1, 0.15) is 5.75 Å². The molecule has 1 amide bonds. The normalized spacial score (nSPS) is 12.4.